The van der Waals surface area contributed by atoms with Crippen molar-refractivity contribution in [3.05, 3.63) is 33.9 Å². The van der Waals surface area contributed by atoms with Crippen molar-refractivity contribution in [1.82, 2.24) is 0 Å². The first-order valence-corrected chi connectivity index (χ1v) is 6.33. The highest BCUT2D eigenvalue weighted by Crippen LogP contribution is 2.28. The lowest BCUT2D eigenvalue weighted by atomic mass is 9.91. The monoisotopic (exact) mass is 249 g/mol. The van der Waals surface area contributed by atoms with Crippen molar-refractivity contribution in [2.24, 2.45) is 5.73 Å². The highest BCUT2D eigenvalue weighted by atomic mass is 16.6. The first-order chi connectivity index (χ1) is 8.56. The van der Waals surface area contributed by atoms with E-state index in [-0.39, 0.29) is 22.7 Å². The van der Waals surface area contributed by atoms with Gasteiger partial charge in [-0.3, -0.25) is 10.1 Å². The fourth-order valence-electron chi connectivity index (χ4n) is 2.49. The molecule has 1 aliphatic carbocycles. The number of nitro benzene ring substituents is 1. The second kappa shape index (κ2) is 5.35. The molecule has 0 heterocycles. The third-order valence-corrected chi connectivity index (χ3v) is 3.42. The van der Waals surface area contributed by atoms with Crippen LogP contribution in [0.3, 0.4) is 0 Å². The summed E-state index contributed by atoms with van der Waals surface area (Å²) in [5, 5.41) is 14.3. The summed E-state index contributed by atoms with van der Waals surface area (Å²) in [4.78, 5) is 10.7. The number of nitrogens with two attached hydrogens (primary N) is 1. The van der Waals surface area contributed by atoms with Crippen LogP contribution in [-0.2, 0) is 0 Å². The Hall–Kier alpha value is -1.62. The minimum atomic E-state index is -0.335. The predicted octanol–water partition coefficient (Wildman–Crippen LogP) is 2.59. The van der Waals surface area contributed by atoms with Crippen LogP contribution in [0.5, 0.6) is 0 Å². The van der Waals surface area contributed by atoms with Crippen molar-refractivity contribution in [3.8, 4) is 0 Å². The molecule has 2 rings (SSSR count). The summed E-state index contributed by atoms with van der Waals surface area (Å²) < 4.78 is 0. The maximum Gasteiger partial charge on any atom is 0.292 e. The van der Waals surface area contributed by atoms with Crippen LogP contribution in [0.15, 0.2) is 18.2 Å². The third kappa shape index (κ3) is 2.98. The molecule has 18 heavy (non-hydrogen) atoms. The Morgan fingerprint density at radius 2 is 2.22 bits per heavy atom. The summed E-state index contributed by atoms with van der Waals surface area (Å²) in [6.07, 6.45) is 4.04. The quantitative estimate of drug-likeness (QED) is 0.637. The SMILES string of the molecule is Cc1ccc(NC2CCCC(N)C2)c([N+](=O)[O-])c1. The molecule has 0 aromatic heterocycles. The normalized spacial score (nSPS) is 23.7. The number of hydrogen-bond acceptors (Lipinski definition) is 4. The van der Waals surface area contributed by atoms with E-state index in [1.165, 1.54) is 0 Å². The van der Waals surface area contributed by atoms with Gasteiger partial charge in [-0.15, -0.1) is 0 Å². The molecule has 1 aliphatic rings. The van der Waals surface area contributed by atoms with Gasteiger partial charge in [-0.05, 0) is 44.2 Å². The lowest BCUT2D eigenvalue weighted by Crippen LogP contribution is -2.35. The van der Waals surface area contributed by atoms with Gasteiger partial charge in [0.05, 0.1) is 4.92 Å². The summed E-state index contributed by atoms with van der Waals surface area (Å²) in [5.74, 6) is 0. The smallest absolute Gasteiger partial charge is 0.292 e. The van der Waals surface area contributed by atoms with Gasteiger partial charge >= 0.3 is 0 Å². The van der Waals surface area contributed by atoms with Crippen LogP contribution >= 0.6 is 0 Å². The molecule has 0 amide bonds. The Morgan fingerprint density at radius 3 is 2.89 bits per heavy atom. The van der Waals surface area contributed by atoms with Crippen molar-refractivity contribution in [1.29, 1.82) is 0 Å². The number of benzene rings is 1. The first-order valence-electron chi connectivity index (χ1n) is 6.33. The number of hydrogen-bond donors (Lipinski definition) is 2. The number of aryl methyl sites for hydroxylation is 1. The minimum absolute atomic E-state index is 0.147. The zero-order valence-corrected chi connectivity index (χ0v) is 10.6. The second-order valence-electron chi connectivity index (χ2n) is 5.05. The van der Waals surface area contributed by atoms with Gasteiger partial charge in [0.1, 0.15) is 5.69 Å². The Kier molecular flexibility index (Phi) is 3.81. The molecule has 98 valence electrons. The van der Waals surface area contributed by atoms with Crippen molar-refractivity contribution >= 4 is 11.4 Å². The Labute approximate surface area is 107 Å². The molecule has 0 bridgehead atoms. The Balaban J connectivity index is 2.15. The molecule has 1 aromatic rings. The van der Waals surface area contributed by atoms with Gasteiger partial charge in [0.25, 0.3) is 5.69 Å². The van der Waals surface area contributed by atoms with Gasteiger partial charge in [0.15, 0.2) is 0 Å². The van der Waals surface area contributed by atoms with E-state index in [2.05, 4.69) is 5.32 Å². The molecule has 0 aliphatic heterocycles. The molecule has 3 N–H and O–H groups in total. The van der Waals surface area contributed by atoms with Crippen molar-refractivity contribution in [2.45, 2.75) is 44.7 Å². The topological polar surface area (TPSA) is 81.2 Å². The minimum Gasteiger partial charge on any atom is -0.377 e. The van der Waals surface area contributed by atoms with Crippen LogP contribution in [0.2, 0.25) is 0 Å². The van der Waals surface area contributed by atoms with Gasteiger partial charge in [0.2, 0.25) is 0 Å². The predicted molar refractivity (Wildman–Crippen MR) is 71.7 cm³/mol. The molecule has 5 heteroatoms. The van der Waals surface area contributed by atoms with Crippen molar-refractivity contribution in [3.63, 3.8) is 0 Å². The third-order valence-electron chi connectivity index (χ3n) is 3.42. The molecule has 0 radical (unpaired) electrons. The fraction of sp³-hybridized carbons (Fsp3) is 0.538. The molecule has 0 saturated heterocycles. The molecule has 0 spiro atoms. The van der Waals surface area contributed by atoms with Gasteiger partial charge in [0, 0.05) is 18.2 Å². The highest BCUT2D eigenvalue weighted by molar-refractivity contribution is 5.63. The maximum absolute atomic E-state index is 11.0. The van der Waals surface area contributed by atoms with Gasteiger partial charge in [-0.25, -0.2) is 0 Å². The molecule has 1 fully saturated rings. The average Bonchev–Trinajstić information content (AvgIpc) is 2.31. The van der Waals surface area contributed by atoms with Crippen LogP contribution < -0.4 is 11.1 Å². The summed E-state index contributed by atoms with van der Waals surface area (Å²) in [6.45, 7) is 1.85. The summed E-state index contributed by atoms with van der Waals surface area (Å²) >= 11 is 0. The average molecular weight is 249 g/mol. The highest BCUT2D eigenvalue weighted by Gasteiger charge is 2.22. The number of nitro groups is 1. The van der Waals surface area contributed by atoms with Crippen LogP contribution in [0.25, 0.3) is 0 Å². The molecule has 5 nitrogen and oxygen atoms in total. The molecular formula is C13H19N3O2. The van der Waals surface area contributed by atoms with E-state index in [9.17, 15) is 10.1 Å². The zero-order valence-electron chi connectivity index (χ0n) is 10.6. The first kappa shape index (κ1) is 12.8. The van der Waals surface area contributed by atoms with E-state index < -0.39 is 0 Å². The molecule has 1 aromatic carbocycles. The number of rotatable bonds is 3. The van der Waals surface area contributed by atoms with Crippen LogP contribution in [0.4, 0.5) is 11.4 Å². The molecule has 1 saturated carbocycles. The number of nitrogens with zero attached hydrogens (tertiary/aromatic N) is 1. The number of nitrogens with one attached hydrogen (secondary N) is 1. The van der Waals surface area contributed by atoms with E-state index in [4.69, 9.17) is 5.73 Å². The van der Waals surface area contributed by atoms with Crippen molar-refractivity contribution in [2.75, 3.05) is 5.32 Å². The van der Waals surface area contributed by atoms with Gasteiger partial charge in [-0.2, -0.15) is 0 Å². The van der Waals surface area contributed by atoms with Crippen LogP contribution in [0, 0.1) is 17.0 Å². The van der Waals surface area contributed by atoms with E-state index in [0.29, 0.717) is 5.69 Å². The summed E-state index contributed by atoms with van der Waals surface area (Å²) in [7, 11) is 0. The van der Waals surface area contributed by atoms with E-state index >= 15 is 0 Å². The standard InChI is InChI=1S/C13H19N3O2/c1-9-5-6-12(13(7-9)16(17)18)15-11-4-2-3-10(14)8-11/h5-7,10-11,15H,2-4,8,14H2,1H3. The fourth-order valence-corrected chi connectivity index (χ4v) is 2.49. The molecular weight excluding hydrogens is 230 g/mol. The largest absolute Gasteiger partial charge is 0.377 e. The van der Waals surface area contributed by atoms with E-state index in [0.717, 1.165) is 31.2 Å². The Morgan fingerprint density at radius 1 is 1.44 bits per heavy atom. The molecule has 2 atom stereocenters. The maximum atomic E-state index is 11.0. The van der Waals surface area contributed by atoms with Crippen LogP contribution in [-0.4, -0.2) is 17.0 Å². The van der Waals surface area contributed by atoms with E-state index in [1.807, 2.05) is 13.0 Å². The second-order valence-corrected chi connectivity index (χ2v) is 5.05. The van der Waals surface area contributed by atoms with Gasteiger partial charge in [-0.1, -0.05) is 6.07 Å². The van der Waals surface area contributed by atoms with E-state index in [1.54, 1.807) is 12.1 Å². The zero-order chi connectivity index (χ0) is 13.1. The van der Waals surface area contributed by atoms with Crippen molar-refractivity contribution < 1.29 is 4.92 Å². The summed E-state index contributed by atoms with van der Waals surface area (Å²) in [6, 6.07) is 5.73. The van der Waals surface area contributed by atoms with Gasteiger partial charge < -0.3 is 11.1 Å². The molecule has 2 unspecified atom stereocenters. The summed E-state index contributed by atoms with van der Waals surface area (Å²) in [5.41, 5.74) is 7.57. The Bertz CT molecular complexity index is 448. The number of anilines is 1. The lowest BCUT2D eigenvalue weighted by molar-refractivity contribution is -0.384. The lowest BCUT2D eigenvalue weighted by Gasteiger charge is -2.28. The van der Waals surface area contributed by atoms with Crippen LogP contribution in [0.1, 0.15) is 31.2 Å².